The molecule has 1 unspecified atom stereocenters. The highest BCUT2D eigenvalue weighted by molar-refractivity contribution is 7.13. The fourth-order valence-corrected chi connectivity index (χ4v) is 3.48. The second-order valence-corrected chi connectivity index (χ2v) is 6.23. The zero-order chi connectivity index (χ0) is 14.7. The number of nitrogens with one attached hydrogen (secondary N) is 1. The highest BCUT2D eigenvalue weighted by Crippen LogP contribution is 2.27. The summed E-state index contributed by atoms with van der Waals surface area (Å²) in [6.45, 7) is 0.294. The molecule has 21 heavy (non-hydrogen) atoms. The molecule has 0 saturated heterocycles. The van der Waals surface area contributed by atoms with Gasteiger partial charge in [0.1, 0.15) is 17.0 Å². The van der Waals surface area contributed by atoms with E-state index >= 15 is 0 Å². The maximum atomic E-state index is 12.0. The lowest BCUT2D eigenvalue weighted by Crippen LogP contribution is -2.35. The van der Waals surface area contributed by atoms with E-state index in [1.54, 1.807) is 17.9 Å². The highest BCUT2D eigenvalue weighted by Gasteiger charge is 2.23. The summed E-state index contributed by atoms with van der Waals surface area (Å²) in [4.78, 5) is 16.3. The fourth-order valence-electron chi connectivity index (χ4n) is 2.69. The normalized spacial score (nSPS) is 17.0. The predicted molar refractivity (Wildman–Crippen MR) is 80.1 cm³/mol. The molecule has 0 radical (unpaired) electrons. The van der Waals surface area contributed by atoms with Crippen LogP contribution in [0.1, 0.15) is 36.2 Å². The molecular formula is C15H18N2O3S. The van der Waals surface area contributed by atoms with Crippen molar-refractivity contribution in [2.24, 2.45) is 5.92 Å². The minimum Gasteiger partial charge on any atom is -0.472 e. The van der Waals surface area contributed by atoms with Gasteiger partial charge in [-0.25, -0.2) is 4.98 Å². The van der Waals surface area contributed by atoms with E-state index in [0.717, 1.165) is 23.4 Å². The number of furan rings is 1. The summed E-state index contributed by atoms with van der Waals surface area (Å²) in [6, 6.07) is 1.81. The van der Waals surface area contributed by atoms with Gasteiger partial charge in [-0.15, -0.1) is 11.3 Å². The van der Waals surface area contributed by atoms with Crippen LogP contribution in [0.2, 0.25) is 0 Å². The molecule has 1 atom stereocenters. The summed E-state index contributed by atoms with van der Waals surface area (Å²) < 4.78 is 5.01. The minimum absolute atomic E-state index is 0.238. The standard InChI is InChI=1S/C15H18N2O3S/c18-13(10-3-1-2-4-10)7-16-14(19)12-9-21-15(17-12)11-5-6-20-8-11/h5-6,8-10,13,18H,1-4,7H2,(H,16,19). The summed E-state index contributed by atoms with van der Waals surface area (Å²) >= 11 is 1.40. The zero-order valence-corrected chi connectivity index (χ0v) is 12.4. The van der Waals surface area contributed by atoms with E-state index in [9.17, 15) is 9.90 Å². The van der Waals surface area contributed by atoms with E-state index in [2.05, 4.69) is 10.3 Å². The van der Waals surface area contributed by atoms with Gasteiger partial charge < -0.3 is 14.8 Å². The summed E-state index contributed by atoms with van der Waals surface area (Å²) in [7, 11) is 0. The Morgan fingerprint density at radius 1 is 1.52 bits per heavy atom. The van der Waals surface area contributed by atoms with Crippen molar-refractivity contribution in [3.05, 3.63) is 29.7 Å². The Labute approximate surface area is 127 Å². The molecule has 6 heteroatoms. The number of aromatic nitrogens is 1. The second-order valence-electron chi connectivity index (χ2n) is 5.37. The number of carbonyl (C=O) groups excluding carboxylic acids is 1. The van der Waals surface area contributed by atoms with Crippen LogP contribution in [0, 0.1) is 5.92 Å². The van der Waals surface area contributed by atoms with Crippen LogP contribution in [0.5, 0.6) is 0 Å². The van der Waals surface area contributed by atoms with Gasteiger partial charge in [0, 0.05) is 17.5 Å². The Kier molecular flexibility index (Phi) is 4.36. The number of thiazole rings is 1. The largest absolute Gasteiger partial charge is 0.472 e. The van der Waals surface area contributed by atoms with Crippen LogP contribution in [-0.2, 0) is 0 Å². The van der Waals surface area contributed by atoms with E-state index in [4.69, 9.17) is 4.42 Å². The van der Waals surface area contributed by atoms with Gasteiger partial charge in [-0.2, -0.15) is 0 Å². The van der Waals surface area contributed by atoms with Crippen molar-refractivity contribution in [2.45, 2.75) is 31.8 Å². The van der Waals surface area contributed by atoms with Crippen LogP contribution in [-0.4, -0.2) is 28.6 Å². The molecule has 1 fully saturated rings. The smallest absolute Gasteiger partial charge is 0.270 e. The monoisotopic (exact) mass is 306 g/mol. The number of aliphatic hydroxyl groups is 1. The third kappa shape index (κ3) is 3.33. The molecule has 1 aliphatic carbocycles. The van der Waals surface area contributed by atoms with Crippen molar-refractivity contribution in [3.63, 3.8) is 0 Å². The lowest BCUT2D eigenvalue weighted by molar-refractivity contribution is 0.0837. The number of aliphatic hydroxyl groups excluding tert-OH is 1. The Morgan fingerprint density at radius 3 is 3.05 bits per heavy atom. The van der Waals surface area contributed by atoms with Gasteiger partial charge >= 0.3 is 0 Å². The molecule has 1 aliphatic rings. The number of nitrogens with zero attached hydrogens (tertiary/aromatic N) is 1. The van der Waals surface area contributed by atoms with Crippen molar-refractivity contribution in [1.82, 2.24) is 10.3 Å². The Bertz CT molecular complexity index is 588. The van der Waals surface area contributed by atoms with Crippen LogP contribution in [0.3, 0.4) is 0 Å². The van der Waals surface area contributed by atoms with E-state index in [0.29, 0.717) is 18.2 Å². The molecule has 0 spiro atoms. The van der Waals surface area contributed by atoms with Crippen molar-refractivity contribution in [2.75, 3.05) is 6.54 Å². The van der Waals surface area contributed by atoms with Crippen LogP contribution in [0.4, 0.5) is 0 Å². The maximum Gasteiger partial charge on any atom is 0.270 e. The molecule has 0 aromatic carbocycles. The van der Waals surface area contributed by atoms with Crippen molar-refractivity contribution in [1.29, 1.82) is 0 Å². The first kappa shape index (κ1) is 14.3. The van der Waals surface area contributed by atoms with E-state index in [1.807, 2.05) is 6.07 Å². The van der Waals surface area contributed by atoms with Crippen LogP contribution < -0.4 is 5.32 Å². The lowest BCUT2D eigenvalue weighted by atomic mass is 10.0. The summed E-state index contributed by atoms with van der Waals surface area (Å²) in [5.41, 5.74) is 1.25. The number of carbonyl (C=O) groups is 1. The first-order valence-electron chi connectivity index (χ1n) is 7.18. The van der Waals surface area contributed by atoms with Gasteiger partial charge in [0.25, 0.3) is 5.91 Å². The van der Waals surface area contributed by atoms with E-state index in [1.165, 1.54) is 24.2 Å². The number of hydrogen-bond donors (Lipinski definition) is 2. The van der Waals surface area contributed by atoms with Gasteiger partial charge in [0.2, 0.25) is 0 Å². The lowest BCUT2D eigenvalue weighted by Gasteiger charge is -2.17. The Hall–Kier alpha value is -1.66. The summed E-state index contributed by atoms with van der Waals surface area (Å²) in [6.07, 6.45) is 7.18. The van der Waals surface area contributed by atoms with Gasteiger partial charge in [-0.1, -0.05) is 12.8 Å². The van der Waals surface area contributed by atoms with Gasteiger partial charge in [-0.05, 0) is 24.8 Å². The molecule has 2 aromatic rings. The first-order valence-corrected chi connectivity index (χ1v) is 8.06. The average Bonchev–Trinajstić information content (AvgIpc) is 3.25. The molecule has 5 nitrogen and oxygen atoms in total. The fraction of sp³-hybridized carbons (Fsp3) is 0.467. The summed E-state index contributed by atoms with van der Waals surface area (Å²) in [5.74, 6) is 0.0836. The van der Waals surface area contributed by atoms with E-state index in [-0.39, 0.29) is 5.91 Å². The summed E-state index contributed by atoms with van der Waals surface area (Å²) in [5, 5.41) is 15.3. The van der Waals surface area contributed by atoms with E-state index < -0.39 is 6.10 Å². The average molecular weight is 306 g/mol. The molecule has 3 rings (SSSR count). The highest BCUT2D eigenvalue weighted by atomic mass is 32.1. The molecule has 2 aromatic heterocycles. The third-order valence-corrected chi connectivity index (χ3v) is 4.81. The second kappa shape index (κ2) is 6.41. The maximum absolute atomic E-state index is 12.0. The SMILES string of the molecule is O=C(NCC(O)C1CCCC1)c1csc(-c2ccoc2)n1. The molecular weight excluding hydrogens is 288 g/mol. The van der Waals surface area contributed by atoms with Gasteiger partial charge in [0.05, 0.1) is 12.4 Å². The number of hydrogen-bond acceptors (Lipinski definition) is 5. The van der Waals surface area contributed by atoms with Crippen molar-refractivity contribution in [3.8, 4) is 10.6 Å². The molecule has 2 heterocycles. The van der Waals surface area contributed by atoms with Crippen molar-refractivity contribution >= 4 is 17.2 Å². The van der Waals surface area contributed by atoms with Gasteiger partial charge in [-0.3, -0.25) is 4.79 Å². The van der Waals surface area contributed by atoms with Crippen LogP contribution in [0.25, 0.3) is 10.6 Å². The molecule has 1 amide bonds. The first-order chi connectivity index (χ1) is 10.2. The predicted octanol–water partition coefficient (Wildman–Crippen LogP) is 2.68. The molecule has 1 saturated carbocycles. The molecule has 0 aliphatic heterocycles. The number of rotatable bonds is 5. The third-order valence-electron chi connectivity index (χ3n) is 3.92. The molecule has 2 N–H and O–H groups in total. The minimum atomic E-state index is -0.455. The number of amides is 1. The van der Waals surface area contributed by atoms with Crippen LogP contribution in [0.15, 0.2) is 28.4 Å². The zero-order valence-electron chi connectivity index (χ0n) is 11.6. The molecule has 112 valence electrons. The van der Waals surface area contributed by atoms with Crippen molar-refractivity contribution < 1.29 is 14.3 Å². The van der Waals surface area contributed by atoms with Crippen LogP contribution >= 0.6 is 11.3 Å². The molecule has 0 bridgehead atoms. The quantitative estimate of drug-likeness (QED) is 0.890. The van der Waals surface area contributed by atoms with Gasteiger partial charge in [0.15, 0.2) is 0 Å². The topological polar surface area (TPSA) is 75.4 Å². The Morgan fingerprint density at radius 2 is 2.33 bits per heavy atom. The Balaban J connectivity index is 1.55.